The van der Waals surface area contributed by atoms with Crippen LogP contribution in [0.1, 0.15) is 20.7 Å². The van der Waals surface area contributed by atoms with Crippen LogP contribution < -0.4 is 0 Å². The SMILES string of the molecule is O=C([Se]C1SC(=S)SC1[Se]C(=O)c1ccccc1)c1ccccc1. The molecule has 1 heterocycles. The van der Waals surface area contributed by atoms with E-state index in [4.69, 9.17) is 12.2 Å². The number of thiocarbonyl (C=S) groups is 1. The van der Waals surface area contributed by atoms with Crippen LogP contribution in [0.2, 0.25) is 0 Å². The zero-order valence-electron chi connectivity index (χ0n) is 12.3. The molecule has 0 radical (unpaired) electrons. The molecule has 2 aromatic carbocycles. The summed E-state index contributed by atoms with van der Waals surface area (Å²) in [6.07, 6.45) is 0. The first-order valence-electron chi connectivity index (χ1n) is 7.03. The predicted octanol–water partition coefficient (Wildman–Crippen LogP) is 3.49. The standard InChI is InChI=1S/C17H12O2S3Se2/c18-13(11-7-3-1-4-8-11)23-15-16(22-17(20)21-15)24-14(19)12-9-5-2-6-10-12/h1-10,15-16H. The minimum absolute atomic E-state index is 0.148. The van der Waals surface area contributed by atoms with Crippen LogP contribution in [-0.4, -0.2) is 51.1 Å². The molecule has 0 bridgehead atoms. The quantitative estimate of drug-likeness (QED) is 0.447. The van der Waals surface area contributed by atoms with Gasteiger partial charge < -0.3 is 0 Å². The fourth-order valence-electron chi connectivity index (χ4n) is 1.98. The van der Waals surface area contributed by atoms with Gasteiger partial charge in [-0.25, -0.2) is 0 Å². The molecule has 1 saturated heterocycles. The van der Waals surface area contributed by atoms with Crippen molar-refractivity contribution in [3.05, 3.63) is 71.8 Å². The van der Waals surface area contributed by atoms with E-state index in [-0.39, 0.29) is 47.6 Å². The van der Waals surface area contributed by atoms with E-state index in [2.05, 4.69) is 0 Å². The van der Waals surface area contributed by atoms with E-state index < -0.39 is 0 Å². The third-order valence-corrected chi connectivity index (χ3v) is 13.7. The van der Waals surface area contributed by atoms with Crippen LogP contribution in [0.4, 0.5) is 0 Å². The van der Waals surface area contributed by atoms with E-state index in [0.29, 0.717) is 0 Å². The van der Waals surface area contributed by atoms with Gasteiger partial charge in [0.1, 0.15) is 0 Å². The summed E-state index contributed by atoms with van der Waals surface area (Å²) in [5.41, 5.74) is 1.50. The van der Waals surface area contributed by atoms with E-state index in [0.717, 1.165) is 14.7 Å². The van der Waals surface area contributed by atoms with E-state index >= 15 is 0 Å². The second-order valence-electron chi connectivity index (χ2n) is 4.77. The molecule has 0 spiro atoms. The van der Waals surface area contributed by atoms with Crippen LogP contribution in [0.3, 0.4) is 0 Å². The predicted molar refractivity (Wildman–Crippen MR) is 108 cm³/mol. The van der Waals surface area contributed by atoms with E-state index in [1.54, 1.807) is 23.5 Å². The summed E-state index contributed by atoms with van der Waals surface area (Å²) >= 11 is 8.09. The zero-order chi connectivity index (χ0) is 16.9. The third kappa shape index (κ3) is 4.83. The average Bonchev–Trinajstić information content (AvgIpc) is 2.95. The molecule has 2 unspecified atom stereocenters. The van der Waals surface area contributed by atoms with Crippen LogP contribution in [0.15, 0.2) is 60.7 Å². The Morgan fingerprint density at radius 1 is 0.750 bits per heavy atom. The zero-order valence-corrected chi connectivity index (χ0v) is 18.2. The van der Waals surface area contributed by atoms with Gasteiger partial charge in [0, 0.05) is 0 Å². The normalized spacial score (nSPS) is 20.1. The van der Waals surface area contributed by atoms with Crippen molar-refractivity contribution in [2.75, 3.05) is 0 Å². The van der Waals surface area contributed by atoms with E-state index in [9.17, 15) is 9.59 Å². The molecule has 2 aromatic rings. The van der Waals surface area contributed by atoms with Crippen molar-refractivity contribution in [2.24, 2.45) is 0 Å². The Kier molecular flexibility index (Phi) is 6.76. The monoisotopic (exact) mass is 504 g/mol. The number of hydrogen-bond donors (Lipinski definition) is 0. The molecule has 1 aliphatic rings. The Morgan fingerprint density at radius 3 is 1.50 bits per heavy atom. The number of thioether (sulfide) groups is 2. The van der Waals surface area contributed by atoms with Gasteiger partial charge in [-0.05, 0) is 0 Å². The van der Waals surface area contributed by atoms with Crippen molar-refractivity contribution in [3.63, 3.8) is 0 Å². The first-order chi connectivity index (χ1) is 11.6. The molecule has 2 atom stereocenters. The van der Waals surface area contributed by atoms with Crippen LogP contribution >= 0.6 is 35.7 Å². The second kappa shape index (κ2) is 8.81. The summed E-state index contributed by atoms with van der Waals surface area (Å²) in [5, 5.41) is 0. The Labute approximate surface area is 167 Å². The van der Waals surface area contributed by atoms with Gasteiger partial charge in [-0.15, -0.1) is 0 Å². The molecule has 7 heteroatoms. The summed E-state index contributed by atoms with van der Waals surface area (Å²) in [6.45, 7) is 0. The number of carbonyl (C=O) groups excluding carboxylic acids is 2. The molecule has 122 valence electrons. The van der Waals surface area contributed by atoms with Crippen molar-refractivity contribution in [3.8, 4) is 0 Å². The summed E-state index contributed by atoms with van der Waals surface area (Å²) in [6, 6.07) is 18.7. The fraction of sp³-hybridized carbons (Fsp3) is 0.118. The molecule has 1 fully saturated rings. The van der Waals surface area contributed by atoms with Crippen molar-refractivity contribution < 1.29 is 9.59 Å². The Bertz CT molecular complexity index is 689. The summed E-state index contributed by atoms with van der Waals surface area (Å²) < 4.78 is 1.51. The first kappa shape index (κ1) is 18.4. The van der Waals surface area contributed by atoms with Gasteiger partial charge in [0.25, 0.3) is 0 Å². The van der Waals surface area contributed by atoms with Gasteiger partial charge in [-0.1, -0.05) is 0 Å². The van der Waals surface area contributed by atoms with Gasteiger partial charge in [0.15, 0.2) is 0 Å². The first-order valence-corrected chi connectivity index (χ1v) is 12.9. The topological polar surface area (TPSA) is 34.1 Å². The molecule has 0 saturated carbocycles. The van der Waals surface area contributed by atoms with Gasteiger partial charge >= 0.3 is 168 Å². The van der Waals surface area contributed by atoms with Gasteiger partial charge in [0.2, 0.25) is 0 Å². The molecular weight excluding hydrogens is 490 g/mol. The van der Waals surface area contributed by atoms with Crippen LogP contribution in [0, 0.1) is 0 Å². The van der Waals surface area contributed by atoms with Crippen LogP contribution in [-0.2, 0) is 0 Å². The average molecular weight is 502 g/mol. The molecular formula is C17H12O2S3Se2. The molecule has 0 aromatic heterocycles. The third-order valence-electron chi connectivity index (χ3n) is 3.11. The van der Waals surface area contributed by atoms with Crippen LogP contribution in [0.5, 0.6) is 0 Å². The van der Waals surface area contributed by atoms with Crippen molar-refractivity contribution in [1.82, 2.24) is 0 Å². The van der Waals surface area contributed by atoms with E-state index in [1.807, 2.05) is 60.7 Å². The van der Waals surface area contributed by atoms with Crippen LogP contribution in [0.25, 0.3) is 0 Å². The molecule has 3 rings (SSSR count). The molecule has 0 amide bonds. The van der Waals surface area contributed by atoms with Crippen molar-refractivity contribution in [1.29, 1.82) is 0 Å². The molecule has 24 heavy (non-hydrogen) atoms. The summed E-state index contributed by atoms with van der Waals surface area (Å²) in [7, 11) is 0. The Hall–Kier alpha value is -0.391. The maximum atomic E-state index is 12.5. The van der Waals surface area contributed by atoms with Crippen molar-refractivity contribution >= 4 is 78.5 Å². The van der Waals surface area contributed by atoms with Gasteiger partial charge in [-0.2, -0.15) is 0 Å². The van der Waals surface area contributed by atoms with Gasteiger partial charge in [0.05, 0.1) is 0 Å². The van der Waals surface area contributed by atoms with Crippen molar-refractivity contribution in [2.45, 2.75) is 8.30 Å². The number of carbonyl (C=O) groups is 2. The Morgan fingerprint density at radius 2 is 1.12 bits per heavy atom. The Balaban J connectivity index is 1.67. The molecule has 1 aliphatic heterocycles. The second-order valence-corrected chi connectivity index (χ2v) is 14.3. The van der Waals surface area contributed by atoms with E-state index in [1.165, 1.54) is 0 Å². The number of rotatable bonds is 6. The number of benzene rings is 2. The minimum atomic E-state index is -0.219. The fourth-order valence-corrected chi connectivity index (χ4v) is 13.8. The summed E-state index contributed by atoms with van der Waals surface area (Å²) in [5.74, 6) is 0. The molecule has 2 nitrogen and oxygen atoms in total. The molecule has 0 aliphatic carbocycles. The van der Waals surface area contributed by atoms with Gasteiger partial charge in [-0.3, -0.25) is 0 Å². The summed E-state index contributed by atoms with van der Waals surface area (Å²) in [4.78, 5) is 25.0. The molecule has 0 N–H and O–H groups in total. The maximum absolute atomic E-state index is 12.5. The number of hydrogen-bond acceptors (Lipinski definition) is 5.